The van der Waals surface area contributed by atoms with Crippen LogP contribution >= 0.6 is 0 Å². The molecule has 0 aliphatic carbocycles. The largest absolute Gasteiger partial charge is 0.394 e. The topological polar surface area (TPSA) is 57.6 Å². The lowest BCUT2D eigenvalue weighted by molar-refractivity contribution is -0.142. The number of amides is 2. The molecule has 12 heavy (non-hydrogen) atoms. The Kier molecular flexibility index (Phi) is 2.81. The molecule has 1 atom stereocenters. The molecule has 1 rings (SSSR count). The third kappa shape index (κ3) is 1.48. The molecule has 0 aromatic rings. The van der Waals surface area contributed by atoms with Crippen LogP contribution < -0.4 is 0 Å². The second kappa shape index (κ2) is 3.67. The third-order valence-electron chi connectivity index (χ3n) is 2.14. The van der Waals surface area contributed by atoms with E-state index >= 15 is 0 Å². The van der Waals surface area contributed by atoms with Crippen LogP contribution in [0.4, 0.5) is 0 Å². The maximum atomic E-state index is 11.1. The van der Waals surface area contributed by atoms with Gasteiger partial charge in [0.25, 0.3) is 0 Å². The Balaban J connectivity index is 2.70. The first-order chi connectivity index (χ1) is 5.70. The molecular formula is C8H13NO3. The van der Waals surface area contributed by atoms with E-state index in [1.54, 1.807) is 0 Å². The number of hydrogen-bond donors (Lipinski definition) is 1. The highest BCUT2D eigenvalue weighted by atomic mass is 16.3. The van der Waals surface area contributed by atoms with E-state index in [0.29, 0.717) is 19.3 Å². The van der Waals surface area contributed by atoms with Crippen molar-refractivity contribution in [3.05, 3.63) is 0 Å². The standard InChI is InChI=1S/C8H13NO3/c1-2-6(5-10)9-7(11)3-4-8(9)12/h6,10H,2-5H2,1H3/t6-/m0/s1. The monoisotopic (exact) mass is 171 g/mol. The van der Waals surface area contributed by atoms with Crippen molar-refractivity contribution in [3.63, 3.8) is 0 Å². The lowest BCUT2D eigenvalue weighted by Gasteiger charge is -2.22. The van der Waals surface area contributed by atoms with Gasteiger partial charge in [-0.25, -0.2) is 0 Å². The SMILES string of the molecule is CC[C@@H](CO)N1C(=O)CCC1=O. The van der Waals surface area contributed by atoms with Crippen molar-refractivity contribution < 1.29 is 14.7 Å². The smallest absolute Gasteiger partial charge is 0.230 e. The van der Waals surface area contributed by atoms with Gasteiger partial charge in [0, 0.05) is 12.8 Å². The molecule has 1 fully saturated rings. The van der Waals surface area contributed by atoms with Crippen LogP contribution in [0.15, 0.2) is 0 Å². The first-order valence-corrected chi connectivity index (χ1v) is 4.16. The summed E-state index contributed by atoms with van der Waals surface area (Å²) in [5, 5.41) is 8.88. The molecule has 2 amide bonds. The van der Waals surface area contributed by atoms with Gasteiger partial charge in [0.1, 0.15) is 0 Å². The maximum absolute atomic E-state index is 11.1. The Morgan fingerprint density at radius 1 is 1.42 bits per heavy atom. The van der Waals surface area contributed by atoms with Crippen LogP contribution in [0.1, 0.15) is 26.2 Å². The molecule has 68 valence electrons. The molecule has 0 radical (unpaired) electrons. The number of aliphatic hydroxyl groups is 1. The van der Waals surface area contributed by atoms with Crippen molar-refractivity contribution in [1.82, 2.24) is 4.90 Å². The zero-order chi connectivity index (χ0) is 9.14. The van der Waals surface area contributed by atoms with E-state index in [1.807, 2.05) is 6.92 Å². The fourth-order valence-electron chi connectivity index (χ4n) is 1.39. The molecule has 1 saturated heterocycles. The Hall–Kier alpha value is -0.900. The number of aliphatic hydroxyl groups excluding tert-OH is 1. The predicted molar refractivity (Wildman–Crippen MR) is 42.3 cm³/mol. The van der Waals surface area contributed by atoms with Gasteiger partial charge in [0.2, 0.25) is 11.8 Å². The number of hydrogen-bond acceptors (Lipinski definition) is 3. The van der Waals surface area contributed by atoms with E-state index < -0.39 is 0 Å². The van der Waals surface area contributed by atoms with Crippen LogP contribution in [0.3, 0.4) is 0 Å². The van der Waals surface area contributed by atoms with E-state index in [2.05, 4.69) is 0 Å². The van der Waals surface area contributed by atoms with Gasteiger partial charge in [-0.2, -0.15) is 0 Å². The van der Waals surface area contributed by atoms with Gasteiger partial charge in [-0.3, -0.25) is 14.5 Å². The third-order valence-corrected chi connectivity index (χ3v) is 2.14. The second-order valence-corrected chi connectivity index (χ2v) is 2.90. The Morgan fingerprint density at radius 3 is 2.25 bits per heavy atom. The van der Waals surface area contributed by atoms with Gasteiger partial charge in [-0.1, -0.05) is 6.92 Å². The minimum absolute atomic E-state index is 0.131. The van der Waals surface area contributed by atoms with Crippen molar-refractivity contribution in [2.24, 2.45) is 0 Å². The van der Waals surface area contributed by atoms with Crippen LogP contribution in [0.5, 0.6) is 0 Å². The van der Waals surface area contributed by atoms with E-state index in [1.165, 1.54) is 4.90 Å². The summed E-state index contributed by atoms with van der Waals surface area (Å²) < 4.78 is 0. The van der Waals surface area contributed by atoms with Crippen LogP contribution in [0.25, 0.3) is 0 Å². The highest BCUT2D eigenvalue weighted by Gasteiger charge is 2.33. The quantitative estimate of drug-likeness (QED) is 0.603. The number of rotatable bonds is 3. The summed E-state index contributed by atoms with van der Waals surface area (Å²) in [6.45, 7) is 1.72. The summed E-state index contributed by atoms with van der Waals surface area (Å²) in [7, 11) is 0. The summed E-state index contributed by atoms with van der Waals surface area (Å²) in [5.74, 6) is -0.304. The number of carbonyl (C=O) groups is 2. The average Bonchev–Trinajstić information content (AvgIpc) is 2.38. The van der Waals surface area contributed by atoms with E-state index in [4.69, 9.17) is 5.11 Å². The fourth-order valence-corrected chi connectivity index (χ4v) is 1.39. The molecule has 4 heteroatoms. The molecule has 0 aromatic carbocycles. The van der Waals surface area contributed by atoms with Crippen molar-refractivity contribution in [3.8, 4) is 0 Å². The first-order valence-electron chi connectivity index (χ1n) is 4.16. The summed E-state index contributed by atoms with van der Waals surface area (Å²) in [5.41, 5.74) is 0. The van der Waals surface area contributed by atoms with Gasteiger partial charge in [0.15, 0.2) is 0 Å². The molecule has 0 saturated carbocycles. The van der Waals surface area contributed by atoms with Gasteiger partial charge in [-0.15, -0.1) is 0 Å². The minimum atomic E-state index is -0.313. The van der Waals surface area contributed by atoms with Crippen molar-refractivity contribution in [2.45, 2.75) is 32.2 Å². The zero-order valence-electron chi connectivity index (χ0n) is 7.12. The molecule has 0 unspecified atom stereocenters. The molecule has 1 N–H and O–H groups in total. The maximum Gasteiger partial charge on any atom is 0.230 e. The molecule has 1 heterocycles. The minimum Gasteiger partial charge on any atom is -0.394 e. The van der Waals surface area contributed by atoms with E-state index in [9.17, 15) is 9.59 Å². The predicted octanol–water partition coefficient (Wildman–Crippen LogP) is -0.0937. The zero-order valence-corrected chi connectivity index (χ0v) is 7.12. The number of imide groups is 1. The van der Waals surface area contributed by atoms with Gasteiger partial charge in [0.05, 0.1) is 12.6 Å². The van der Waals surface area contributed by atoms with Crippen molar-refractivity contribution in [2.75, 3.05) is 6.61 Å². The van der Waals surface area contributed by atoms with Crippen LogP contribution in [0.2, 0.25) is 0 Å². The summed E-state index contributed by atoms with van der Waals surface area (Å²) in [6.07, 6.45) is 1.22. The summed E-state index contributed by atoms with van der Waals surface area (Å²) >= 11 is 0. The lowest BCUT2D eigenvalue weighted by atomic mass is 10.2. The summed E-state index contributed by atoms with van der Waals surface area (Å²) in [4.78, 5) is 23.5. The highest BCUT2D eigenvalue weighted by molar-refractivity contribution is 6.02. The van der Waals surface area contributed by atoms with Gasteiger partial charge < -0.3 is 5.11 Å². The molecule has 4 nitrogen and oxygen atoms in total. The molecule has 1 aliphatic rings. The fraction of sp³-hybridized carbons (Fsp3) is 0.750. The Morgan fingerprint density at radius 2 is 1.92 bits per heavy atom. The molecule has 0 aromatic heterocycles. The number of likely N-dealkylation sites (tertiary alicyclic amines) is 1. The van der Waals surface area contributed by atoms with Crippen LogP contribution in [-0.2, 0) is 9.59 Å². The second-order valence-electron chi connectivity index (χ2n) is 2.90. The molecule has 1 aliphatic heterocycles. The van der Waals surface area contributed by atoms with Crippen molar-refractivity contribution in [1.29, 1.82) is 0 Å². The van der Waals surface area contributed by atoms with Gasteiger partial charge >= 0.3 is 0 Å². The van der Waals surface area contributed by atoms with E-state index in [0.717, 1.165) is 0 Å². The highest BCUT2D eigenvalue weighted by Crippen LogP contribution is 2.16. The lowest BCUT2D eigenvalue weighted by Crippen LogP contribution is -2.41. The van der Waals surface area contributed by atoms with Crippen LogP contribution in [-0.4, -0.2) is 34.5 Å². The number of nitrogens with zero attached hydrogens (tertiary/aromatic N) is 1. The van der Waals surface area contributed by atoms with Gasteiger partial charge in [-0.05, 0) is 6.42 Å². The molecular weight excluding hydrogens is 158 g/mol. The first kappa shape index (κ1) is 9.19. The Bertz CT molecular complexity index is 182. The number of carbonyl (C=O) groups excluding carboxylic acids is 2. The van der Waals surface area contributed by atoms with Crippen molar-refractivity contribution >= 4 is 11.8 Å². The average molecular weight is 171 g/mol. The molecule has 0 bridgehead atoms. The van der Waals surface area contributed by atoms with Crippen LogP contribution in [0, 0.1) is 0 Å². The normalized spacial score (nSPS) is 20.3. The molecule has 0 spiro atoms. The summed E-state index contributed by atoms with van der Waals surface area (Å²) in [6, 6.07) is -0.313. The van der Waals surface area contributed by atoms with E-state index in [-0.39, 0.29) is 24.5 Å². The Labute approximate surface area is 71.2 Å².